The Kier molecular flexibility index (Phi) is 1.66. The smallest absolute Gasteiger partial charge is 0.0703 e. The summed E-state index contributed by atoms with van der Waals surface area (Å²) in [7, 11) is 0. The molecule has 58 valence electrons. The lowest BCUT2D eigenvalue weighted by atomic mass is 9.97. The van der Waals surface area contributed by atoms with Gasteiger partial charge >= 0.3 is 0 Å². The summed E-state index contributed by atoms with van der Waals surface area (Å²) in [5, 5.41) is 0. The molecule has 0 N–H and O–H groups in total. The second kappa shape index (κ2) is 2.51. The van der Waals surface area contributed by atoms with Crippen molar-refractivity contribution in [3.63, 3.8) is 0 Å². The number of piperidine rings is 1. The van der Waals surface area contributed by atoms with Crippen molar-refractivity contribution in [1.82, 2.24) is 4.90 Å². The summed E-state index contributed by atoms with van der Waals surface area (Å²) in [4.78, 5) is 2.54. The van der Waals surface area contributed by atoms with Crippen LogP contribution in [0.4, 0.5) is 0 Å². The highest BCUT2D eigenvalue weighted by atomic mass is 16.5. The first kappa shape index (κ1) is 6.62. The molecule has 0 aromatic carbocycles. The van der Waals surface area contributed by atoms with Gasteiger partial charge in [-0.15, -0.1) is 0 Å². The molecular formula is C8H15NO. The minimum absolute atomic E-state index is 0.560. The number of likely N-dealkylation sites (N-methyl/N-ethyl adjacent to an activating group) is 1. The van der Waals surface area contributed by atoms with Gasteiger partial charge in [-0.25, -0.2) is 0 Å². The van der Waals surface area contributed by atoms with Gasteiger partial charge in [-0.3, -0.25) is 4.90 Å². The molecule has 0 radical (unpaired) electrons. The molecule has 2 bridgehead atoms. The molecule has 2 heteroatoms. The summed E-state index contributed by atoms with van der Waals surface area (Å²) >= 11 is 0. The van der Waals surface area contributed by atoms with E-state index in [4.69, 9.17) is 4.74 Å². The Morgan fingerprint density at radius 2 is 2.40 bits per heavy atom. The molecule has 0 aliphatic carbocycles. The van der Waals surface area contributed by atoms with Crippen molar-refractivity contribution >= 4 is 0 Å². The van der Waals surface area contributed by atoms with Crippen LogP contribution < -0.4 is 0 Å². The van der Waals surface area contributed by atoms with Crippen LogP contribution in [-0.2, 0) is 4.74 Å². The van der Waals surface area contributed by atoms with Crippen LogP contribution in [0.15, 0.2) is 0 Å². The molecule has 0 aromatic heterocycles. The summed E-state index contributed by atoms with van der Waals surface area (Å²) in [6.07, 6.45) is 3.21. The Hall–Kier alpha value is -0.0800. The first-order valence-electron chi connectivity index (χ1n) is 4.26. The molecule has 2 nitrogen and oxygen atoms in total. The Morgan fingerprint density at radius 1 is 1.50 bits per heavy atom. The standard InChI is InChI=1S/C8H15NO/c1-2-9-5-8-4-3-7(9)6-10-8/h7-8H,2-6H2,1H3/t7-,8?/m0/s1. The van der Waals surface area contributed by atoms with Crippen LogP contribution in [0.1, 0.15) is 19.8 Å². The molecule has 10 heavy (non-hydrogen) atoms. The molecule has 0 spiro atoms. The van der Waals surface area contributed by atoms with E-state index < -0.39 is 0 Å². The third-order valence-corrected chi connectivity index (χ3v) is 2.71. The van der Waals surface area contributed by atoms with Crippen molar-refractivity contribution in [1.29, 1.82) is 0 Å². The first-order chi connectivity index (χ1) is 4.90. The van der Waals surface area contributed by atoms with E-state index >= 15 is 0 Å². The zero-order valence-electron chi connectivity index (χ0n) is 6.55. The van der Waals surface area contributed by atoms with Crippen LogP contribution in [0.25, 0.3) is 0 Å². The average molecular weight is 141 g/mol. The molecule has 3 saturated heterocycles. The lowest BCUT2D eigenvalue weighted by Crippen LogP contribution is -2.54. The van der Waals surface area contributed by atoms with Gasteiger partial charge in [0.05, 0.1) is 12.7 Å². The van der Waals surface area contributed by atoms with Crippen LogP contribution in [0, 0.1) is 0 Å². The largest absolute Gasteiger partial charge is 0.375 e. The van der Waals surface area contributed by atoms with Gasteiger partial charge in [0, 0.05) is 12.6 Å². The van der Waals surface area contributed by atoms with E-state index in [9.17, 15) is 0 Å². The maximum absolute atomic E-state index is 5.57. The van der Waals surface area contributed by atoms with Crippen molar-refractivity contribution in [3.05, 3.63) is 0 Å². The summed E-state index contributed by atoms with van der Waals surface area (Å²) in [5.41, 5.74) is 0. The molecule has 2 atom stereocenters. The van der Waals surface area contributed by atoms with Gasteiger partial charge < -0.3 is 4.74 Å². The van der Waals surface area contributed by atoms with E-state index in [-0.39, 0.29) is 0 Å². The highest BCUT2D eigenvalue weighted by Gasteiger charge is 2.33. The van der Waals surface area contributed by atoms with Gasteiger partial charge in [-0.2, -0.15) is 0 Å². The zero-order chi connectivity index (χ0) is 6.97. The Labute approximate surface area is 62.2 Å². The Bertz CT molecular complexity index is 118. The first-order valence-corrected chi connectivity index (χ1v) is 4.26. The highest BCUT2D eigenvalue weighted by Crippen LogP contribution is 2.25. The molecule has 3 aliphatic rings. The topological polar surface area (TPSA) is 12.5 Å². The van der Waals surface area contributed by atoms with Gasteiger partial charge in [0.25, 0.3) is 0 Å². The van der Waals surface area contributed by atoms with Crippen molar-refractivity contribution in [3.8, 4) is 0 Å². The van der Waals surface area contributed by atoms with E-state index in [1.807, 2.05) is 0 Å². The minimum atomic E-state index is 0.560. The summed E-state index contributed by atoms with van der Waals surface area (Å²) in [6, 6.07) is 0.745. The monoisotopic (exact) mass is 141 g/mol. The van der Waals surface area contributed by atoms with E-state index in [1.165, 1.54) is 25.9 Å². The van der Waals surface area contributed by atoms with Crippen LogP contribution in [0.3, 0.4) is 0 Å². The number of ether oxygens (including phenoxy) is 1. The van der Waals surface area contributed by atoms with Crippen LogP contribution >= 0.6 is 0 Å². The number of nitrogens with zero attached hydrogens (tertiary/aromatic N) is 1. The molecule has 3 rings (SSSR count). The van der Waals surface area contributed by atoms with Crippen molar-refractivity contribution < 1.29 is 4.74 Å². The van der Waals surface area contributed by atoms with Gasteiger partial charge in [0.1, 0.15) is 0 Å². The third-order valence-electron chi connectivity index (χ3n) is 2.71. The van der Waals surface area contributed by atoms with E-state index in [2.05, 4.69) is 11.8 Å². The quantitative estimate of drug-likeness (QED) is 0.537. The maximum atomic E-state index is 5.57. The lowest BCUT2D eigenvalue weighted by molar-refractivity contribution is -0.104. The molecule has 0 amide bonds. The summed E-state index contributed by atoms with van der Waals surface area (Å²) in [6.45, 7) is 5.60. The van der Waals surface area contributed by atoms with Gasteiger partial charge in [0.15, 0.2) is 0 Å². The SMILES string of the molecule is CCN1CC2CC[C@H]1CO2. The van der Waals surface area contributed by atoms with Gasteiger partial charge in [0.2, 0.25) is 0 Å². The number of hydrogen-bond acceptors (Lipinski definition) is 2. The molecule has 3 aliphatic heterocycles. The fourth-order valence-corrected chi connectivity index (χ4v) is 2.02. The normalized spacial score (nSPS) is 40.5. The molecular weight excluding hydrogens is 126 g/mol. The highest BCUT2D eigenvalue weighted by molar-refractivity contribution is 4.86. The molecule has 3 fully saturated rings. The van der Waals surface area contributed by atoms with Gasteiger partial charge in [-0.05, 0) is 19.4 Å². The summed E-state index contributed by atoms with van der Waals surface area (Å²) < 4.78 is 5.57. The van der Waals surface area contributed by atoms with Gasteiger partial charge in [-0.1, -0.05) is 6.92 Å². The predicted octanol–water partition coefficient (Wildman–Crippen LogP) is 0.869. The van der Waals surface area contributed by atoms with Crippen molar-refractivity contribution in [2.45, 2.75) is 31.9 Å². The van der Waals surface area contributed by atoms with Crippen LogP contribution in [-0.4, -0.2) is 36.7 Å². The van der Waals surface area contributed by atoms with E-state index in [0.29, 0.717) is 6.10 Å². The number of hydrogen-bond donors (Lipinski definition) is 0. The number of rotatable bonds is 1. The van der Waals surface area contributed by atoms with E-state index in [0.717, 1.165) is 12.6 Å². The molecule has 3 heterocycles. The van der Waals surface area contributed by atoms with Crippen molar-refractivity contribution in [2.24, 2.45) is 0 Å². The second-order valence-corrected chi connectivity index (χ2v) is 3.27. The Balaban J connectivity index is 2.01. The fraction of sp³-hybridized carbons (Fsp3) is 1.00. The third kappa shape index (κ3) is 0.956. The number of fused-ring (bicyclic) bond motifs is 3. The lowest BCUT2D eigenvalue weighted by Gasteiger charge is -2.44. The zero-order valence-corrected chi connectivity index (χ0v) is 6.55. The number of morpholine rings is 1. The minimum Gasteiger partial charge on any atom is -0.375 e. The molecule has 0 aromatic rings. The van der Waals surface area contributed by atoms with Crippen LogP contribution in [0.2, 0.25) is 0 Å². The maximum Gasteiger partial charge on any atom is 0.0703 e. The Morgan fingerprint density at radius 3 is 2.70 bits per heavy atom. The van der Waals surface area contributed by atoms with Crippen molar-refractivity contribution in [2.75, 3.05) is 19.7 Å². The second-order valence-electron chi connectivity index (χ2n) is 3.27. The predicted molar refractivity (Wildman–Crippen MR) is 40.0 cm³/mol. The van der Waals surface area contributed by atoms with Crippen LogP contribution in [0.5, 0.6) is 0 Å². The summed E-state index contributed by atoms with van der Waals surface area (Å²) in [5.74, 6) is 0. The van der Waals surface area contributed by atoms with E-state index in [1.54, 1.807) is 0 Å². The average Bonchev–Trinajstić information content (AvgIpc) is 2.06. The fourth-order valence-electron chi connectivity index (χ4n) is 2.02. The molecule has 0 saturated carbocycles. The molecule has 1 unspecified atom stereocenters.